The summed E-state index contributed by atoms with van der Waals surface area (Å²) in [6, 6.07) is 0. The Morgan fingerprint density at radius 1 is 1.70 bits per heavy atom. The van der Waals surface area contributed by atoms with Crippen molar-refractivity contribution in [1.29, 1.82) is 0 Å². The number of carbonyl (C=O) groups is 1. The van der Waals surface area contributed by atoms with Crippen LogP contribution in [-0.2, 0) is 9.53 Å². The molecular weight excluding hydrogens is 128 g/mol. The molecule has 0 bridgehead atoms. The van der Waals surface area contributed by atoms with E-state index in [0.717, 1.165) is 12.8 Å². The first-order valence-corrected chi connectivity index (χ1v) is 3.96. The van der Waals surface area contributed by atoms with Crippen LogP contribution in [0.5, 0.6) is 0 Å². The molecule has 2 heteroatoms. The van der Waals surface area contributed by atoms with Crippen LogP contribution in [0.1, 0.15) is 32.6 Å². The summed E-state index contributed by atoms with van der Waals surface area (Å²) in [4.78, 5) is 10.9. The molecule has 0 amide bonds. The second-order valence-corrected chi connectivity index (χ2v) is 2.77. The highest BCUT2D eigenvalue weighted by Gasteiger charge is 2.18. The standard InChI is InChI=1S/C8H14O2/c1-2-3-8-6-7(9)4-5-10-8/h8H,2-6H2,1H3/t8-/m0/s1. The fourth-order valence-electron chi connectivity index (χ4n) is 1.26. The summed E-state index contributed by atoms with van der Waals surface area (Å²) in [5.41, 5.74) is 0. The Balaban J connectivity index is 2.25. The van der Waals surface area contributed by atoms with E-state index in [9.17, 15) is 4.79 Å². The number of rotatable bonds is 2. The van der Waals surface area contributed by atoms with Gasteiger partial charge in [-0.3, -0.25) is 4.79 Å². The van der Waals surface area contributed by atoms with Gasteiger partial charge in [-0.25, -0.2) is 0 Å². The average molecular weight is 142 g/mol. The van der Waals surface area contributed by atoms with Gasteiger partial charge in [0.05, 0.1) is 12.7 Å². The molecule has 1 fully saturated rings. The molecule has 1 aliphatic heterocycles. The van der Waals surface area contributed by atoms with Crippen molar-refractivity contribution in [3.63, 3.8) is 0 Å². The Hall–Kier alpha value is -0.370. The molecule has 1 aliphatic rings. The van der Waals surface area contributed by atoms with Gasteiger partial charge in [0.1, 0.15) is 5.78 Å². The lowest BCUT2D eigenvalue weighted by atomic mass is 10.0. The van der Waals surface area contributed by atoms with E-state index in [4.69, 9.17) is 4.74 Å². The minimum atomic E-state index is 0.228. The Labute approximate surface area is 61.6 Å². The van der Waals surface area contributed by atoms with Crippen LogP contribution in [0.2, 0.25) is 0 Å². The fraction of sp³-hybridized carbons (Fsp3) is 0.875. The Morgan fingerprint density at radius 2 is 2.50 bits per heavy atom. The smallest absolute Gasteiger partial charge is 0.137 e. The SMILES string of the molecule is CCC[C@H]1CC(=O)CCO1. The van der Waals surface area contributed by atoms with Crippen LogP contribution in [0.15, 0.2) is 0 Å². The zero-order valence-electron chi connectivity index (χ0n) is 6.43. The normalized spacial score (nSPS) is 26.9. The van der Waals surface area contributed by atoms with Gasteiger partial charge in [0, 0.05) is 12.8 Å². The van der Waals surface area contributed by atoms with Gasteiger partial charge in [-0.2, -0.15) is 0 Å². The topological polar surface area (TPSA) is 26.3 Å². The summed E-state index contributed by atoms with van der Waals surface area (Å²) in [6.45, 7) is 2.76. The fourth-order valence-corrected chi connectivity index (χ4v) is 1.26. The molecule has 0 aromatic rings. The number of Topliss-reactive ketones (excluding diaryl/α,β-unsaturated/α-hetero) is 1. The number of hydrogen-bond donors (Lipinski definition) is 0. The van der Waals surface area contributed by atoms with E-state index in [1.165, 1.54) is 0 Å². The molecule has 0 radical (unpaired) electrons. The van der Waals surface area contributed by atoms with Crippen LogP contribution < -0.4 is 0 Å². The summed E-state index contributed by atoms with van der Waals surface area (Å²) in [5, 5.41) is 0. The first-order chi connectivity index (χ1) is 4.83. The van der Waals surface area contributed by atoms with Crippen molar-refractivity contribution in [3.8, 4) is 0 Å². The van der Waals surface area contributed by atoms with Crippen molar-refractivity contribution in [1.82, 2.24) is 0 Å². The monoisotopic (exact) mass is 142 g/mol. The van der Waals surface area contributed by atoms with E-state index in [2.05, 4.69) is 6.92 Å². The van der Waals surface area contributed by atoms with Crippen LogP contribution in [-0.4, -0.2) is 18.5 Å². The third-order valence-electron chi connectivity index (χ3n) is 1.80. The van der Waals surface area contributed by atoms with Crippen LogP contribution >= 0.6 is 0 Å². The highest BCUT2D eigenvalue weighted by molar-refractivity contribution is 5.79. The van der Waals surface area contributed by atoms with Crippen LogP contribution in [0.25, 0.3) is 0 Å². The van der Waals surface area contributed by atoms with E-state index < -0.39 is 0 Å². The van der Waals surface area contributed by atoms with Gasteiger partial charge in [-0.15, -0.1) is 0 Å². The van der Waals surface area contributed by atoms with Crippen LogP contribution in [0.3, 0.4) is 0 Å². The maximum atomic E-state index is 10.9. The van der Waals surface area contributed by atoms with Crippen molar-refractivity contribution in [2.24, 2.45) is 0 Å². The maximum Gasteiger partial charge on any atom is 0.137 e. The number of ketones is 1. The molecule has 0 aromatic carbocycles. The molecule has 0 spiro atoms. The van der Waals surface area contributed by atoms with E-state index in [0.29, 0.717) is 25.2 Å². The van der Waals surface area contributed by atoms with Gasteiger partial charge in [0.25, 0.3) is 0 Å². The average Bonchev–Trinajstić information content (AvgIpc) is 1.88. The van der Waals surface area contributed by atoms with E-state index in [1.54, 1.807) is 0 Å². The zero-order valence-corrected chi connectivity index (χ0v) is 6.43. The lowest BCUT2D eigenvalue weighted by Gasteiger charge is -2.20. The minimum Gasteiger partial charge on any atom is -0.377 e. The molecule has 1 atom stereocenters. The molecule has 0 aromatic heterocycles. The highest BCUT2D eigenvalue weighted by atomic mass is 16.5. The predicted molar refractivity (Wildman–Crippen MR) is 38.9 cm³/mol. The van der Waals surface area contributed by atoms with Gasteiger partial charge in [-0.1, -0.05) is 13.3 Å². The van der Waals surface area contributed by atoms with Crippen molar-refractivity contribution in [2.45, 2.75) is 38.7 Å². The van der Waals surface area contributed by atoms with Crippen LogP contribution in [0, 0.1) is 0 Å². The van der Waals surface area contributed by atoms with Gasteiger partial charge < -0.3 is 4.74 Å². The molecule has 2 nitrogen and oxygen atoms in total. The third-order valence-corrected chi connectivity index (χ3v) is 1.80. The van der Waals surface area contributed by atoms with Crippen molar-refractivity contribution in [3.05, 3.63) is 0 Å². The molecule has 0 saturated carbocycles. The zero-order chi connectivity index (χ0) is 7.40. The highest BCUT2D eigenvalue weighted by Crippen LogP contribution is 2.13. The van der Waals surface area contributed by atoms with E-state index in [-0.39, 0.29) is 6.10 Å². The lowest BCUT2D eigenvalue weighted by molar-refractivity contribution is -0.128. The summed E-state index contributed by atoms with van der Waals surface area (Å²) < 4.78 is 5.37. The first kappa shape index (κ1) is 7.73. The van der Waals surface area contributed by atoms with Crippen LogP contribution in [0.4, 0.5) is 0 Å². The quantitative estimate of drug-likeness (QED) is 0.584. The molecule has 58 valence electrons. The number of carbonyl (C=O) groups excluding carboxylic acids is 1. The molecule has 1 rings (SSSR count). The molecule has 1 saturated heterocycles. The van der Waals surface area contributed by atoms with Gasteiger partial charge in [0.2, 0.25) is 0 Å². The Morgan fingerprint density at radius 3 is 3.10 bits per heavy atom. The minimum absolute atomic E-state index is 0.228. The molecular formula is C8H14O2. The second kappa shape index (κ2) is 3.71. The summed E-state index contributed by atoms with van der Waals surface area (Å²) in [6.07, 6.45) is 3.64. The predicted octanol–water partition coefficient (Wildman–Crippen LogP) is 1.53. The maximum absolute atomic E-state index is 10.9. The first-order valence-electron chi connectivity index (χ1n) is 3.96. The second-order valence-electron chi connectivity index (χ2n) is 2.77. The summed E-state index contributed by atoms with van der Waals surface area (Å²) in [5.74, 6) is 0.365. The molecule has 0 aliphatic carbocycles. The largest absolute Gasteiger partial charge is 0.377 e. The van der Waals surface area contributed by atoms with Crippen molar-refractivity contribution >= 4 is 5.78 Å². The summed E-state index contributed by atoms with van der Waals surface area (Å²) >= 11 is 0. The number of ether oxygens (including phenoxy) is 1. The van der Waals surface area contributed by atoms with Gasteiger partial charge in [-0.05, 0) is 6.42 Å². The van der Waals surface area contributed by atoms with Gasteiger partial charge in [0.15, 0.2) is 0 Å². The third kappa shape index (κ3) is 2.10. The van der Waals surface area contributed by atoms with E-state index in [1.807, 2.05) is 0 Å². The van der Waals surface area contributed by atoms with E-state index >= 15 is 0 Å². The summed E-state index contributed by atoms with van der Waals surface area (Å²) in [7, 11) is 0. The Kier molecular flexibility index (Phi) is 2.87. The van der Waals surface area contributed by atoms with Crippen molar-refractivity contribution in [2.75, 3.05) is 6.61 Å². The Bertz CT molecular complexity index is 118. The number of hydrogen-bond acceptors (Lipinski definition) is 2. The molecule has 1 heterocycles. The molecule has 0 unspecified atom stereocenters. The van der Waals surface area contributed by atoms with Gasteiger partial charge >= 0.3 is 0 Å². The molecule has 0 N–H and O–H groups in total. The lowest BCUT2D eigenvalue weighted by Crippen LogP contribution is -2.25. The van der Waals surface area contributed by atoms with Crippen molar-refractivity contribution < 1.29 is 9.53 Å². The molecule has 10 heavy (non-hydrogen) atoms.